The fourth-order valence-corrected chi connectivity index (χ4v) is 1.93. The first-order chi connectivity index (χ1) is 8.58. The lowest BCUT2D eigenvalue weighted by molar-refractivity contribution is 0.168. The second kappa shape index (κ2) is 6.90. The topological polar surface area (TPSA) is 50.1 Å². The van der Waals surface area contributed by atoms with E-state index in [9.17, 15) is 5.11 Å². The van der Waals surface area contributed by atoms with E-state index in [0.29, 0.717) is 12.6 Å². The van der Waals surface area contributed by atoms with Gasteiger partial charge in [-0.2, -0.15) is 5.10 Å². The van der Waals surface area contributed by atoms with Crippen molar-refractivity contribution in [3.05, 3.63) is 18.0 Å². The minimum absolute atomic E-state index is 0.150. The molecule has 0 aromatic carbocycles. The van der Waals surface area contributed by atoms with E-state index in [-0.39, 0.29) is 12.1 Å². The van der Waals surface area contributed by atoms with Crippen LogP contribution in [0.3, 0.4) is 0 Å². The minimum Gasteiger partial charge on any atom is -0.394 e. The largest absolute Gasteiger partial charge is 0.394 e. The fraction of sp³-hybridized carbons (Fsp3) is 0.786. The second-order valence-electron chi connectivity index (χ2n) is 5.18. The van der Waals surface area contributed by atoms with Crippen LogP contribution >= 0.6 is 0 Å². The SMILES string of the molecule is CCC(CC)n1ccc(CNC(C)(CC)CO)n1. The average molecular weight is 253 g/mol. The van der Waals surface area contributed by atoms with Crippen LogP contribution in [-0.2, 0) is 6.54 Å². The maximum Gasteiger partial charge on any atom is 0.0762 e. The van der Waals surface area contributed by atoms with Crippen molar-refractivity contribution in [1.29, 1.82) is 0 Å². The zero-order valence-electron chi connectivity index (χ0n) is 12.1. The van der Waals surface area contributed by atoms with Crippen LogP contribution in [0.25, 0.3) is 0 Å². The van der Waals surface area contributed by atoms with Gasteiger partial charge in [0.15, 0.2) is 0 Å². The van der Waals surface area contributed by atoms with E-state index in [0.717, 1.165) is 25.0 Å². The highest BCUT2D eigenvalue weighted by Gasteiger charge is 2.20. The lowest BCUT2D eigenvalue weighted by Gasteiger charge is -2.26. The molecule has 2 N–H and O–H groups in total. The van der Waals surface area contributed by atoms with Crippen molar-refractivity contribution in [2.45, 2.75) is 65.1 Å². The van der Waals surface area contributed by atoms with Crippen molar-refractivity contribution < 1.29 is 5.11 Å². The molecule has 1 aromatic rings. The van der Waals surface area contributed by atoms with Gasteiger partial charge in [-0.05, 0) is 32.3 Å². The number of aliphatic hydroxyl groups is 1. The third kappa shape index (κ3) is 3.82. The summed E-state index contributed by atoms with van der Waals surface area (Å²) < 4.78 is 2.05. The van der Waals surface area contributed by atoms with Gasteiger partial charge in [-0.25, -0.2) is 0 Å². The molecule has 1 rings (SSSR count). The Morgan fingerprint density at radius 3 is 2.56 bits per heavy atom. The number of hydrogen-bond donors (Lipinski definition) is 2. The highest BCUT2D eigenvalue weighted by molar-refractivity contribution is 5.00. The molecule has 0 saturated carbocycles. The monoisotopic (exact) mass is 253 g/mol. The van der Waals surface area contributed by atoms with Crippen molar-refractivity contribution in [2.75, 3.05) is 6.61 Å². The molecule has 0 radical (unpaired) electrons. The standard InChI is InChI=1S/C14H27N3O/c1-5-13(6-2)17-9-8-12(16-17)10-15-14(4,7-3)11-18/h8-9,13,15,18H,5-7,10-11H2,1-4H3. The molecule has 0 aliphatic heterocycles. The predicted octanol–water partition coefficient (Wildman–Crippen LogP) is 2.49. The number of nitrogens with one attached hydrogen (secondary N) is 1. The van der Waals surface area contributed by atoms with Crippen molar-refractivity contribution in [3.63, 3.8) is 0 Å². The molecule has 0 aliphatic carbocycles. The molecule has 0 fully saturated rings. The predicted molar refractivity (Wildman–Crippen MR) is 74.5 cm³/mol. The summed E-state index contributed by atoms with van der Waals surface area (Å²) in [5.74, 6) is 0. The van der Waals surface area contributed by atoms with Gasteiger partial charge in [0, 0.05) is 18.3 Å². The van der Waals surface area contributed by atoms with Crippen LogP contribution in [0.2, 0.25) is 0 Å². The molecule has 0 amide bonds. The Bertz CT molecular complexity index is 341. The van der Waals surface area contributed by atoms with Crippen LogP contribution < -0.4 is 5.32 Å². The van der Waals surface area contributed by atoms with Gasteiger partial charge in [-0.15, -0.1) is 0 Å². The lowest BCUT2D eigenvalue weighted by atomic mass is 10.0. The van der Waals surface area contributed by atoms with Crippen molar-refractivity contribution in [2.24, 2.45) is 0 Å². The van der Waals surface area contributed by atoms with Gasteiger partial charge < -0.3 is 10.4 Å². The molecular weight excluding hydrogens is 226 g/mol. The molecule has 18 heavy (non-hydrogen) atoms. The maximum absolute atomic E-state index is 9.34. The van der Waals surface area contributed by atoms with Crippen LogP contribution in [0.15, 0.2) is 12.3 Å². The van der Waals surface area contributed by atoms with Crippen LogP contribution in [-0.4, -0.2) is 27.0 Å². The van der Waals surface area contributed by atoms with Crippen LogP contribution in [0.4, 0.5) is 0 Å². The van der Waals surface area contributed by atoms with Gasteiger partial charge >= 0.3 is 0 Å². The summed E-state index contributed by atoms with van der Waals surface area (Å²) in [5, 5.41) is 17.3. The van der Waals surface area contributed by atoms with E-state index in [2.05, 4.69) is 48.1 Å². The summed E-state index contributed by atoms with van der Waals surface area (Å²) in [6, 6.07) is 2.55. The molecule has 0 bridgehead atoms. The zero-order chi connectivity index (χ0) is 13.6. The first-order valence-electron chi connectivity index (χ1n) is 6.98. The fourth-order valence-electron chi connectivity index (χ4n) is 1.93. The van der Waals surface area contributed by atoms with Gasteiger partial charge in [0.1, 0.15) is 0 Å². The third-order valence-corrected chi connectivity index (χ3v) is 3.81. The van der Waals surface area contributed by atoms with Crippen LogP contribution in [0.1, 0.15) is 58.7 Å². The summed E-state index contributed by atoms with van der Waals surface area (Å²) in [6.45, 7) is 9.34. The van der Waals surface area contributed by atoms with E-state index in [4.69, 9.17) is 0 Å². The Morgan fingerprint density at radius 1 is 1.39 bits per heavy atom. The normalized spacial score (nSPS) is 15.0. The molecule has 1 heterocycles. The quantitative estimate of drug-likeness (QED) is 0.748. The third-order valence-electron chi connectivity index (χ3n) is 3.81. The highest BCUT2D eigenvalue weighted by atomic mass is 16.3. The van der Waals surface area contributed by atoms with Gasteiger partial charge in [0.25, 0.3) is 0 Å². The minimum atomic E-state index is -0.210. The molecule has 4 nitrogen and oxygen atoms in total. The van der Waals surface area contributed by atoms with E-state index in [1.54, 1.807) is 0 Å². The molecule has 0 saturated heterocycles. The number of rotatable bonds is 8. The van der Waals surface area contributed by atoms with E-state index in [1.165, 1.54) is 0 Å². The Labute approximate surface area is 110 Å². The molecular formula is C14H27N3O. The Kier molecular flexibility index (Phi) is 5.82. The van der Waals surface area contributed by atoms with Gasteiger partial charge in [-0.1, -0.05) is 20.8 Å². The number of aromatic nitrogens is 2. The summed E-state index contributed by atoms with van der Waals surface area (Å²) in [4.78, 5) is 0. The van der Waals surface area contributed by atoms with Crippen molar-refractivity contribution >= 4 is 0 Å². The molecule has 0 spiro atoms. The first-order valence-corrected chi connectivity index (χ1v) is 6.98. The van der Waals surface area contributed by atoms with E-state index in [1.807, 2.05) is 6.92 Å². The summed E-state index contributed by atoms with van der Waals surface area (Å²) in [7, 11) is 0. The molecule has 1 unspecified atom stereocenters. The Morgan fingerprint density at radius 2 is 2.06 bits per heavy atom. The zero-order valence-corrected chi connectivity index (χ0v) is 12.1. The van der Waals surface area contributed by atoms with Gasteiger partial charge in [0.05, 0.1) is 18.3 Å². The molecule has 0 aliphatic rings. The molecule has 1 aromatic heterocycles. The molecule has 104 valence electrons. The summed E-state index contributed by atoms with van der Waals surface area (Å²) in [5.41, 5.74) is 0.827. The first kappa shape index (κ1) is 15.2. The van der Waals surface area contributed by atoms with Crippen LogP contribution in [0, 0.1) is 0 Å². The smallest absolute Gasteiger partial charge is 0.0762 e. The molecule has 1 atom stereocenters. The average Bonchev–Trinajstić information content (AvgIpc) is 2.86. The van der Waals surface area contributed by atoms with Crippen LogP contribution in [0.5, 0.6) is 0 Å². The van der Waals surface area contributed by atoms with Crippen molar-refractivity contribution in [3.8, 4) is 0 Å². The van der Waals surface area contributed by atoms with Crippen molar-refractivity contribution in [1.82, 2.24) is 15.1 Å². The van der Waals surface area contributed by atoms with E-state index < -0.39 is 0 Å². The Hall–Kier alpha value is -0.870. The summed E-state index contributed by atoms with van der Waals surface area (Å²) >= 11 is 0. The number of nitrogens with zero attached hydrogens (tertiary/aromatic N) is 2. The number of hydrogen-bond acceptors (Lipinski definition) is 3. The summed E-state index contributed by atoms with van der Waals surface area (Å²) in [6.07, 6.45) is 5.16. The second-order valence-corrected chi connectivity index (χ2v) is 5.18. The lowest BCUT2D eigenvalue weighted by Crippen LogP contribution is -2.44. The number of aliphatic hydroxyl groups excluding tert-OH is 1. The van der Waals surface area contributed by atoms with E-state index >= 15 is 0 Å². The molecule has 4 heteroatoms. The Balaban J connectivity index is 2.59. The highest BCUT2D eigenvalue weighted by Crippen LogP contribution is 2.15. The van der Waals surface area contributed by atoms with Gasteiger partial charge in [-0.3, -0.25) is 4.68 Å². The van der Waals surface area contributed by atoms with Gasteiger partial charge in [0.2, 0.25) is 0 Å². The maximum atomic E-state index is 9.34.